The van der Waals surface area contributed by atoms with Crippen molar-refractivity contribution in [2.75, 3.05) is 33.8 Å². The Kier molecular flexibility index (Phi) is 13.8. The fourth-order valence-electron chi connectivity index (χ4n) is 8.49. The van der Waals surface area contributed by atoms with Gasteiger partial charge in [0.25, 0.3) is 0 Å². The van der Waals surface area contributed by atoms with E-state index in [-0.39, 0.29) is 53.5 Å². The predicted octanol–water partition coefficient (Wildman–Crippen LogP) is 8.14. The van der Waals surface area contributed by atoms with Crippen LogP contribution >= 0.6 is 8.86 Å². The van der Waals surface area contributed by atoms with Crippen molar-refractivity contribution in [3.63, 3.8) is 0 Å². The molecule has 1 aliphatic rings. The second kappa shape index (κ2) is 18.0. The number of hydrogen-bond donors (Lipinski definition) is 4. The van der Waals surface area contributed by atoms with E-state index >= 15 is 0 Å². The van der Waals surface area contributed by atoms with Crippen molar-refractivity contribution < 1.29 is 43.8 Å². The number of ketones is 1. The molecular weight excluding hydrogens is 745 g/mol. The van der Waals surface area contributed by atoms with Crippen molar-refractivity contribution in [3.05, 3.63) is 71.2 Å². The molecule has 0 radical (unpaired) electrons. The molecular formula is C44H58N3O9P. The maximum atomic E-state index is 13.6. The van der Waals surface area contributed by atoms with E-state index in [0.717, 1.165) is 17.4 Å². The van der Waals surface area contributed by atoms with Gasteiger partial charge in [-0.3, -0.25) is 9.20 Å². The van der Waals surface area contributed by atoms with Gasteiger partial charge in [-0.1, -0.05) is 54.8 Å². The number of hydrogen-bond acceptors (Lipinski definition) is 10. The molecule has 308 valence electrons. The molecule has 0 fully saturated rings. The highest BCUT2D eigenvalue weighted by molar-refractivity contribution is 7.22. The molecule has 9 atom stereocenters. The summed E-state index contributed by atoms with van der Waals surface area (Å²) in [5, 5.41) is 37.3. The summed E-state index contributed by atoms with van der Waals surface area (Å²) in [7, 11) is 10.2. The van der Waals surface area contributed by atoms with E-state index in [4.69, 9.17) is 28.7 Å². The second-order valence-electron chi connectivity index (χ2n) is 15.3. The molecule has 57 heavy (non-hydrogen) atoms. The summed E-state index contributed by atoms with van der Waals surface area (Å²) in [5.74, 6) is -0.197. The van der Waals surface area contributed by atoms with E-state index in [9.17, 15) is 20.1 Å². The molecule has 0 amide bonds. The summed E-state index contributed by atoms with van der Waals surface area (Å²) in [4.78, 5) is 18.6. The van der Waals surface area contributed by atoms with Crippen LogP contribution in [0, 0.1) is 37.5 Å². The van der Waals surface area contributed by atoms with Crippen LogP contribution in [0.2, 0.25) is 0 Å². The Morgan fingerprint density at radius 3 is 2.30 bits per heavy atom. The Bertz CT molecular complexity index is 2250. The van der Waals surface area contributed by atoms with Gasteiger partial charge < -0.3 is 44.3 Å². The minimum atomic E-state index is -0.759. The summed E-state index contributed by atoms with van der Waals surface area (Å²) < 4.78 is 31.2. The molecule has 3 heterocycles. The number of methoxy groups -OCH3 is 4. The van der Waals surface area contributed by atoms with Crippen LogP contribution in [-0.4, -0.2) is 94.9 Å². The van der Waals surface area contributed by atoms with Crippen molar-refractivity contribution in [2.24, 2.45) is 23.7 Å². The lowest BCUT2D eigenvalue weighted by molar-refractivity contribution is -0.0990. The zero-order valence-corrected chi connectivity index (χ0v) is 36.0. The number of benzene rings is 2. The first-order chi connectivity index (χ1) is 27.1. The number of pyridine rings is 1. The molecule has 0 saturated carbocycles. The molecule has 0 spiro atoms. The molecule has 2 aromatic carbocycles. The fraction of sp³-hybridized carbons (Fsp3) is 0.477. The molecule has 0 aliphatic carbocycles. The molecule has 5 rings (SSSR count). The van der Waals surface area contributed by atoms with Crippen molar-refractivity contribution in [1.82, 2.24) is 9.38 Å². The van der Waals surface area contributed by atoms with Gasteiger partial charge in [-0.25, -0.2) is 4.98 Å². The highest BCUT2D eigenvalue weighted by atomic mass is 31.0. The number of nitrogens with zero attached hydrogens (tertiary/aromatic N) is 2. The largest absolute Gasteiger partial charge is 0.516 e. The highest BCUT2D eigenvalue weighted by Gasteiger charge is 2.39. The van der Waals surface area contributed by atoms with Gasteiger partial charge in [-0.05, 0) is 57.0 Å². The maximum absolute atomic E-state index is 13.6. The first kappa shape index (κ1) is 43.7. The van der Waals surface area contributed by atoms with Gasteiger partial charge in [0.15, 0.2) is 11.9 Å². The molecule has 0 saturated heterocycles. The summed E-state index contributed by atoms with van der Waals surface area (Å²) in [6.07, 6.45) is 7.84. The van der Waals surface area contributed by atoms with Crippen LogP contribution in [0.4, 0.5) is 5.69 Å². The number of Topliss-reactive ketones (excluding diaryl/α,β-unsaturated/α-hetero) is 1. The summed E-state index contributed by atoms with van der Waals surface area (Å²) in [6, 6.07) is 3.91. The third-order valence-corrected chi connectivity index (χ3v) is 12.2. The predicted molar refractivity (Wildman–Crippen MR) is 229 cm³/mol. The first-order valence-corrected chi connectivity index (χ1v) is 19.7. The number of rotatable bonds is 17. The van der Waals surface area contributed by atoms with Gasteiger partial charge in [-0.2, -0.15) is 0 Å². The Hall–Kier alpha value is -4.45. The minimum absolute atomic E-state index is 0.0814. The topological polar surface area (TPSA) is 153 Å². The van der Waals surface area contributed by atoms with Crippen LogP contribution in [0.15, 0.2) is 54.5 Å². The molecule has 4 aromatic rings. The number of nitrogens with one attached hydrogen (secondary N) is 1. The smallest absolute Gasteiger partial charge is 0.207 e. The van der Waals surface area contributed by atoms with Crippen LogP contribution in [0.1, 0.15) is 63.0 Å². The fourth-order valence-corrected chi connectivity index (χ4v) is 8.70. The first-order valence-electron chi connectivity index (χ1n) is 19.2. The number of phenolic OH excluding ortho intramolecular Hbond substituents is 1. The summed E-state index contributed by atoms with van der Waals surface area (Å²) in [6.45, 7) is 15.4. The number of fused-ring (bicyclic) bond motifs is 7. The Morgan fingerprint density at radius 1 is 1.02 bits per heavy atom. The van der Waals surface area contributed by atoms with Crippen molar-refractivity contribution >= 4 is 53.2 Å². The van der Waals surface area contributed by atoms with Crippen LogP contribution < -0.4 is 14.8 Å². The molecule has 2 aromatic heterocycles. The van der Waals surface area contributed by atoms with Gasteiger partial charge in [0.05, 0.1) is 54.2 Å². The zero-order valence-electron chi connectivity index (χ0n) is 35.0. The van der Waals surface area contributed by atoms with Crippen LogP contribution in [-0.2, 0) is 14.2 Å². The lowest BCUT2D eigenvalue weighted by atomic mass is 9.78. The average molecular weight is 804 g/mol. The summed E-state index contributed by atoms with van der Waals surface area (Å²) in [5.41, 5.74) is 5.55. The number of ether oxygens (including phenoxy) is 5. The lowest BCUT2D eigenvalue weighted by Crippen LogP contribution is -2.46. The Labute approximate surface area is 337 Å². The van der Waals surface area contributed by atoms with Gasteiger partial charge in [0, 0.05) is 62.1 Å². The monoisotopic (exact) mass is 803 g/mol. The number of phenols is 1. The number of imidazole rings is 1. The Morgan fingerprint density at radius 2 is 1.68 bits per heavy atom. The highest BCUT2D eigenvalue weighted by Crippen LogP contribution is 2.53. The van der Waals surface area contributed by atoms with Gasteiger partial charge in [0.2, 0.25) is 5.78 Å². The van der Waals surface area contributed by atoms with Gasteiger partial charge >= 0.3 is 0 Å². The third-order valence-electron chi connectivity index (χ3n) is 11.6. The number of aromatic hydroxyl groups is 1. The van der Waals surface area contributed by atoms with Crippen molar-refractivity contribution in [3.8, 4) is 17.2 Å². The van der Waals surface area contributed by atoms with E-state index in [1.165, 1.54) is 7.11 Å². The van der Waals surface area contributed by atoms with E-state index in [1.54, 1.807) is 34.3 Å². The molecule has 12 nitrogen and oxygen atoms in total. The molecule has 13 heteroatoms. The van der Waals surface area contributed by atoms with E-state index < -0.39 is 12.2 Å². The molecule has 1 aliphatic heterocycles. The number of aliphatic hydroxyl groups is 2. The van der Waals surface area contributed by atoms with Crippen LogP contribution in [0.3, 0.4) is 0 Å². The quantitative estimate of drug-likeness (QED) is 0.0354. The SMILES string of the molecule is COc1c(C)c2c(c3c1c(O)c(NC(=P)/C(C)=C\C=C\[C@H](C)[C@H](OC)[C@@H](C)[C@@H](O)[C@@H](C)[C@H](OC)[C@H](C)[C@H](/C=C/O)OC)c1c3nc3cc(C)ccn31)C(=O)[C@H](C)O2. The molecule has 0 unspecified atom stereocenters. The molecule has 0 bridgehead atoms. The van der Waals surface area contributed by atoms with Gasteiger partial charge in [-0.15, -0.1) is 0 Å². The lowest BCUT2D eigenvalue weighted by Gasteiger charge is -2.38. The van der Waals surface area contributed by atoms with Crippen LogP contribution in [0.5, 0.6) is 17.2 Å². The van der Waals surface area contributed by atoms with Crippen LogP contribution in [0.25, 0.3) is 27.5 Å². The van der Waals surface area contributed by atoms with Crippen molar-refractivity contribution in [1.29, 1.82) is 0 Å². The third kappa shape index (κ3) is 8.03. The maximum Gasteiger partial charge on any atom is 0.207 e. The second-order valence-corrected chi connectivity index (χ2v) is 15.8. The zero-order chi connectivity index (χ0) is 42.0. The number of aryl methyl sites for hydroxylation is 1. The standard InChI is InChI=1S/C44H58N3O9P/c1-21-16-18-47-30(20-21)45-34-31-32-38(50)28(8)56-43(32)27(7)42(55-12)33(31)39(51)35(36(34)47)46-44(57)23(3)15-13-14-22(2)40(53-10)25(5)37(49)26(6)41(54-11)24(4)29(52-9)17-19-48/h13-20,22,24-26,28-29,37,40-41,46,48-49,51,57H,1-12H3/b14-13+,19-17+,23-15-/t22-,24+,25-,26+,28-,29-,37+,40-,41+/m0/s1. The van der Waals surface area contributed by atoms with E-state index in [1.807, 2.05) is 89.4 Å². The average Bonchev–Trinajstić information content (AvgIpc) is 3.71. The Balaban J connectivity index is 1.46. The van der Waals surface area contributed by atoms with Gasteiger partial charge in [0.1, 0.15) is 33.9 Å². The number of aliphatic hydroxyl groups excluding tert-OH is 2. The van der Waals surface area contributed by atoms with E-state index in [0.29, 0.717) is 61.2 Å². The van der Waals surface area contributed by atoms with E-state index in [2.05, 4.69) is 14.2 Å². The number of carbonyl (C=O) groups excluding carboxylic acids is 1. The minimum Gasteiger partial charge on any atom is -0.516 e. The van der Waals surface area contributed by atoms with Crippen molar-refractivity contribution in [2.45, 2.75) is 85.9 Å². The summed E-state index contributed by atoms with van der Waals surface area (Å²) >= 11 is 0. The number of carbonyl (C=O) groups is 1. The number of anilines is 1. The number of allylic oxidation sites excluding steroid dienone is 2. The molecule has 4 N–H and O–H groups in total. The number of aromatic nitrogens is 2. The normalized spacial score (nSPS) is 19.1.